The molecule has 130 valence electrons. The second kappa shape index (κ2) is 6.99. The van der Waals surface area contributed by atoms with E-state index in [9.17, 15) is 15.2 Å². The molecule has 0 spiro atoms. The molecule has 0 amide bonds. The number of hydrogen-bond donors (Lipinski definition) is 2. The van der Waals surface area contributed by atoms with E-state index in [0.717, 1.165) is 0 Å². The second-order valence-corrected chi connectivity index (χ2v) is 5.38. The molecule has 7 nitrogen and oxygen atoms in total. The Hall–Kier alpha value is -3.79. The first-order valence-electron chi connectivity index (χ1n) is 7.63. The normalized spacial score (nSPS) is 11.2. The Morgan fingerprint density at radius 1 is 1.23 bits per heavy atom. The van der Waals surface area contributed by atoms with E-state index >= 15 is 0 Å². The summed E-state index contributed by atoms with van der Waals surface area (Å²) in [6.45, 7) is 0. The van der Waals surface area contributed by atoms with Crippen LogP contribution in [0, 0.1) is 11.3 Å². The zero-order valence-corrected chi connectivity index (χ0v) is 14.1. The lowest BCUT2D eigenvalue weighted by atomic mass is 10.1. The van der Waals surface area contributed by atoms with Crippen molar-refractivity contribution in [3.8, 4) is 23.3 Å². The third kappa shape index (κ3) is 3.08. The van der Waals surface area contributed by atoms with E-state index in [4.69, 9.17) is 9.47 Å². The summed E-state index contributed by atoms with van der Waals surface area (Å²) in [6.07, 6.45) is 1.53. The number of aromatic hydroxyl groups is 1. The van der Waals surface area contributed by atoms with Gasteiger partial charge in [-0.2, -0.15) is 5.26 Å². The van der Waals surface area contributed by atoms with E-state index in [1.165, 1.54) is 20.3 Å². The number of H-pyrrole nitrogens is 1. The number of phenolic OH excluding ortho intramolecular Hbond substituents is 1. The lowest BCUT2D eigenvalue weighted by Gasteiger charge is -2.09. The summed E-state index contributed by atoms with van der Waals surface area (Å²) in [4.78, 5) is 19.2. The predicted octanol–water partition coefficient (Wildman–Crippen LogP) is 2.71. The van der Waals surface area contributed by atoms with Crippen molar-refractivity contribution in [3.63, 3.8) is 0 Å². The number of phenols is 1. The highest BCUT2D eigenvalue weighted by Crippen LogP contribution is 2.37. The maximum atomic E-state index is 12.2. The van der Waals surface area contributed by atoms with Gasteiger partial charge in [-0.1, -0.05) is 12.1 Å². The van der Waals surface area contributed by atoms with E-state index in [-0.39, 0.29) is 34.2 Å². The molecule has 0 aliphatic heterocycles. The van der Waals surface area contributed by atoms with Gasteiger partial charge in [-0.25, -0.2) is 4.98 Å². The number of ether oxygens (including phenoxy) is 2. The summed E-state index contributed by atoms with van der Waals surface area (Å²) in [6, 6.07) is 12.0. The molecule has 26 heavy (non-hydrogen) atoms. The number of nitriles is 1. The molecule has 0 unspecified atom stereocenters. The maximum absolute atomic E-state index is 12.2. The summed E-state index contributed by atoms with van der Waals surface area (Å²) in [5.74, 6) is 0.422. The number of aromatic amines is 1. The van der Waals surface area contributed by atoms with Gasteiger partial charge in [-0.05, 0) is 35.9 Å². The van der Waals surface area contributed by atoms with Crippen LogP contribution >= 0.6 is 0 Å². The van der Waals surface area contributed by atoms with Crippen LogP contribution in [0.5, 0.6) is 17.2 Å². The Balaban J connectivity index is 2.16. The molecule has 0 saturated carbocycles. The Morgan fingerprint density at radius 3 is 2.50 bits per heavy atom. The van der Waals surface area contributed by atoms with Crippen molar-refractivity contribution in [1.82, 2.24) is 9.97 Å². The highest BCUT2D eigenvalue weighted by atomic mass is 16.5. The molecular weight excluding hydrogens is 334 g/mol. The zero-order valence-electron chi connectivity index (χ0n) is 14.1. The Labute approximate surface area is 148 Å². The highest BCUT2D eigenvalue weighted by molar-refractivity contribution is 5.89. The molecule has 1 heterocycles. The molecule has 0 fully saturated rings. The van der Waals surface area contributed by atoms with Gasteiger partial charge in [0, 0.05) is 0 Å². The maximum Gasteiger partial charge on any atom is 0.259 e. The molecule has 3 rings (SSSR count). The highest BCUT2D eigenvalue weighted by Gasteiger charge is 2.12. The summed E-state index contributed by atoms with van der Waals surface area (Å²) < 4.78 is 10.2. The Morgan fingerprint density at radius 2 is 1.88 bits per heavy atom. The molecule has 1 aromatic heterocycles. The van der Waals surface area contributed by atoms with E-state index in [2.05, 4.69) is 9.97 Å². The summed E-state index contributed by atoms with van der Waals surface area (Å²) in [5.41, 5.74) is 0.868. The first-order chi connectivity index (χ1) is 12.6. The number of para-hydroxylation sites is 1. The van der Waals surface area contributed by atoms with Gasteiger partial charge >= 0.3 is 0 Å². The van der Waals surface area contributed by atoms with E-state index in [0.29, 0.717) is 16.5 Å². The molecule has 0 aliphatic rings. The molecular formula is C19H15N3O4. The average Bonchev–Trinajstić information content (AvgIpc) is 2.67. The van der Waals surface area contributed by atoms with Crippen molar-refractivity contribution in [2.45, 2.75) is 0 Å². The van der Waals surface area contributed by atoms with Gasteiger partial charge in [0.2, 0.25) is 5.75 Å². The van der Waals surface area contributed by atoms with Crippen LogP contribution in [0.4, 0.5) is 0 Å². The third-order valence-corrected chi connectivity index (χ3v) is 3.80. The summed E-state index contributed by atoms with van der Waals surface area (Å²) in [7, 11) is 2.82. The van der Waals surface area contributed by atoms with Crippen molar-refractivity contribution in [1.29, 1.82) is 5.26 Å². The number of methoxy groups -OCH3 is 2. The van der Waals surface area contributed by atoms with Crippen LogP contribution in [-0.2, 0) is 0 Å². The number of nitrogens with zero attached hydrogens (tertiary/aromatic N) is 2. The first kappa shape index (κ1) is 17.0. The number of hydrogen-bond acceptors (Lipinski definition) is 6. The van der Waals surface area contributed by atoms with Crippen molar-refractivity contribution < 1.29 is 14.6 Å². The van der Waals surface area contributed by atoms with Gasteiger partial charge < -0.3 is 19.6 Å². The van der Waals surface area contributed by atoms with E-state index in [1.807, 2.05) is 6.07 Å². The first-order valence-corrected chi connectivity index (χ1v) is 7.63. The fourth-order valence-corrected chi connectivity index (χ4v) is 2.53. The van der Waals surface area contributed by atoms with Crippen LogP contribution in [0.15, 0.2) is 41.2 Å². The van der Waals surface area contributed by atoms with Crippen LogP contribution in [-0.4, -0.2) is 29.3 Å². The minimum absolute atomic E-state index is 0.136. The van der Waals surface area contributed by atoms with Crippen LogP contribution < -0.4 is 15.0 Å². The molecule has 3 aromatic rings. The lowest BCUT2D eigenvalue weighted by Crippen LogP contribution is -2.11. The largest absolute Gasteiger partial charge is 0.502 e. The van der Waals surface area contributed by atoms with Gasteiger partial charge in [0.15, 0.2) is 17.3 Å². The zero-order chi connectivity index (χ0) is 18.7. The second-order valence-electron chi connectivity index (χ2n) is 5.38. The van der Waals surface area contributed by atoms with Gasteiger partial charge in [0.05, 0.1) is 30.7 Å². The average molecular weight is 349 g/mol. The van der Waals surface area contributed by atoms with Crippen LogP contribution in [0.25, 0.3) is 22.6 Å². The van der Waals surface area contributed by atoms with Crippen LogP contribution in [0.1, 0.15) is 11.4 Å². The number of nitrogens with one attached hydrogen (secondary N) is 1. The van der Waals surface area contributed by atoms with E-state index in [1.54, 1.807) is 36.4 Å². The molecule has 0 bridgehead atoms. The van der Waals surface area contributed by atoms with Crippen molar-refractivity contribution in [2.75, 3.05) is 14.2 Å². The lowest BCUT2D eigenvalue weighted by molar-refractivity contribution is 0.340. The van der Waals surface area contributed by atoms with Gasteiger partial charge in [-0.3, -0.25) is 4.79 Å². The van der Waals surface area contributed by atoms with Gasteiger partial charge in [0.25, 0.3) is 5.56 Å². The summed E-state index contributed by atoms with van der Waals surface area (Å²) in [5, 5.41) is 19.9. The van der Waals surface area contributed by atoms with Crippen molar-refractivity contribution >= 4 is 22.6 Å². The van der Waals surface area contributed by atoms with Gasteiger partial charge in [0.1, 0.15) is 6.07 Å². The molecule has 2 N–H and O–H groups in total. The minimum atomic E-state index is -0.326. The molecule has 0 saturated heterocycles. The fraction of sp³-hybridized carbons (Fsp3) is 0.105. The number of fused-ring (bicyclic) bond motifs is 1. The molecule has 0 atom stereocenters. The molecule has 0 radical (unpaired) electrons. The standard InChI is InChI=1S/C19H15N3O4/c1-25-15-8-11(9-16(26-2)17(15)23)7-12(10-20)18-21-14-6-4-3-5-13(14)19(24)22-18/h3-9,23H,1-2H3,(H,21,22,24)/b12-7+. The number of allylic oxidation sites excluding steroid dienone is 1. The monoisotopic (exact) mass is 349 g/mol. The third-order valence-electron chi connectivity index (χ3n) is 3.80. The Bertz CT molecular complexity index is 1080. The van der Waals surface area contributed by atoms with Gasteiger partial charge in [-0.15, -0.1) is 0 Å². The van der Waals surface area contributed by atoms with E-state index < -0.39 is 0 Å². The predicted molar refractivity (Wildman–Crippen MR) is 97.1 cm³/mol. The smallest absolute Gasteiger partial charge is 0.259 e. The van der Waals surface area contributed by atoms with Crippen LogP contribution in [0.2, 0.25) is 0 Å². The molecule has 2 aromatic carbocycles. The number of aromatic nitrogens is 2. The molecule has 0 aliphatic carbocycles. The fourth-order valence-electron chi connectivity index (χ4n) is 2.53. The quantitative estimate of drug-likeness (QED) is 0.701. The Kier molecular flexibility index (Phi) is 4.58. The SMILES string of the molecule is COc1cc(/C=C(\C#N)c2nc3ccccc3c(=O)[nH]2)cc(OC)c1O. The summed E-state index contributed by atoms with van der Waals surface area (Å²) >= 11 is 0. The topological polar surface area (TPSA) is 108 Å². The number of rotatable bonds is 4. The van der Waals surface area contributed by atoms with Crippen molar-refractivity contribution in [2.24, 2.45) is 0 Å². The van der Waals surface area contributed by atoms with Crippen LogP contribution in [0.3, 0.4) is 0 Å². The number of benzene rings is 2. The minimum Gasteiger partial charge on any atom is -0.502 e. The molecule has 7 heteroatoms. The van der Waals surface area contributed by atoms with Crippen molar-refractivity contribution in [3.05, 3.63) is 58.1 Å².